The van der Waals surface area contributed by atoms with E-state index in [2.05, 4.69) is 6.07 Å². The molecule has 0 aromatic heterocycles. The molecule has 2 rings (SSSR count). The van der Waals surface area contributed by atoms with Crippen molar-refractivity contribution in [2.45, 2.75) is 43.6 Å². The smallest absolute Gasteiger partial charge is 0.303 e. The van der Waals surface area contributed by atoms with Crippen molar-refractivity contribution in [2.75, 3.05) is 0 Å². The molecule has 26 heavy (non-hydrogen) atoms. The Morgan fingerprint density at radius 1 is 1.08 bits per heavy atom. The van der Waals surface area contributed by atoms with E-state index in [-0.39, 0.29) is 19.6 Å². The van der Waals surface area contributed by atoms with Gasteiger partial charge in [0.15, 0.2) is 0 Å². The Labute approximate surface area is 158 Å². The van der Waals surface area contributed by atoms with Gasteiger partial charge in [-0.05, 0) is 53.3 Å². The highest BCUT2D eigenvalue weighted by Gasteiger charge is 2.05. The lowest BCUT2D eigenvalue weighted by molar-refractivity contribution is -0.136. The van der Waals surface area contributed by atoms with Crippen LogP contribution in [0.3, 0.4) is 0 Å². The Bertz CT molecular complexity index is 783. The molecule has 0 saturated heterocycles. The van der Waals surface area contributed by atoms with Crippen molar-refractivity contribution in [1.82, 2.24) is 0 Å². The fourth-order valence-electron chi connectivity index (χ4n) is 2.60. The van der Waals surface area contributed by atoms with Gasteiger partial charge in [0.05, 0.1) is 13.2 Å². The number of hydrogen-bond acceptors (Lipinski definition) is 4. The second kappa shape index (κ2) is 10.2. The van der Waals surface area contributed by atoms with Gasteiger partial charge in [0, 0.05) is 17.1 Å². The van der Waals surface area contributed by atoms with Gasteiger partial charge in [0.25, 0.3) is 0 Å². The number of carbonyl (C=O) groups is 1. The molecular formula is C21H24O4S. The molecule has 2 aromatic carbocycles. The maximum atomic E-state index is 10.6. The molecule has 5 heteroatoms. The van der Waals surface area contributed by atoms with Crippen LogP contribution in [0, 0.1) is 0 Å². The minimum atomic E-state index is -0.784. The van der Waals surface area contributed by atoms with Crippen molar-refractivity contribution < 1.29 is 20.1 Å². The van der Waals surface area contributed by atoms with Crippen LogP contribution in [0.25, 0.3) is 5.57 Å². The molecule has 0 saturated carbocycles. The summed E-state index contributed by atoms with van der Waals surface area (Å²) in [4.78, 5) is 11.7. The van der Waals surface area contributed by atoms with Crippen LogP contribution in [-0.4, -0.2) is 21.3 Å². The minimum absolute atomic E-state index is 0.0706. The molecule has 0 aliphatic rings. The number of carboxylic acids is 1. The van der Waals surface area contributed by atoms with E-state index in [0.717, 1.165) is 38.5 Å². The van der Waals surface area contributed by atoms with Crippen molar-refractivity contribution in [2.24, 2.45) is 0 Å². The number of aliphatic hydroxyl groups is 2. The lowest BCUT2D eigenvalue weighted by atomic mass is 10.1. The Hall–Kier alpha value is -2.08. The average Bonchev–Trinajstić information content (AvgIpc) is 2.65. The second-order valence-corrected chi connectivity index (χ2v) is 7.10. The first kappa shape index (κ1) is 20.2. The summed E-state index contributed by atoms with van der Waals surface area (Å²) < 4.78 is 0. The minimum Gasteiger partial charge on any atom is -0.481 e. The fourth-order valence-corrected chi connectivity index (χ4v) is 3.50. The third-order valence-electron chi connectivity index (χ3n) is 4.11. The van der Waals surface area contributed by atoms with E-state index >= 15 is 0 Å². The molecule has 0 amide bonds. The van der Waals surface area contributed by atoms with Crippen LogP contribution in [0.1, 0.15) is 42.0 Å². The quantitative estimate of drug-likeness (QED) is 0.574. The monoisotopic (exact) mass is 372 g/mol. The maximum Gasteiger partial charge on any atom is 0.303 e. The van der Waals surface area contributed by atoms with Crippen molar-refractivity contribution >= 4 is 23.3 Å². The van der Waals surface area contributed by atoms with E-state index in [1.165, 1.54) is 0 Å². The molecular weight excluding hydrogens is 348 g/mol. The maximum absolute atomic E-state index is 10.6. The second-order valence-electron chi connectivity index (χ2n) is 6.06. The molecule has 4 nitrogen and oxygen atoms in total. The molecule has 3 N–H and O–H groups in total. The van der Waals surface area contributed by atoms with Gasteiger partial charge in [-0.15, -0.1) is 11.8 Å². The Morgan fingerprint density at radius 2 is 1.85 bits per heavy atom. The van der Waals surface area contributed by atoms with Crippen molar-refractivity contribution in [3.05, 3.63) is 70.8 Å². The van der Waals surface area contributed by atoms with Crippen LogP contribution >= 0.6 is 11.8 Å². The summed E-state index contributed by atoms with van der Waals surface area (Å²) in [5.41, 5.74) is 4.77. The lowest BCUT2D eigenvalue weighted by Gasteiger charge is -2.09. The molecule has 0 atom stereocenters. The number of carboxylic acid groups (broad SMARTS) is 1. The van der Waals surface area contributed by atoms with Crippen molar-refractivity contribution in [3.63, 3.8) is 0 Å². The Balaban J connectivity index is 2.03. The normalized spacial score (nSPS) is 11.6. The van der Waals surface area contributed by atoms with Crippen molar-refractivity contribution in [3.8, 4) is 0 Å². The summed E-state index contributed by atoms with van der Waals surface area (Å²) in [6.45, 7) is 1.84. The molecule has 0 radical (unpaired) electrons. The summed E-state index contributed by atoms with van der Waals surface area (Å²) >= 11 is 1.70. The van der Waals surface area contributed by atoms with Gasteiger partial charge in [-0.2, -0.15) is 0 Å². The summed E-state index contributed by atoms with van der Waals surface area (Å²) in [6, 6.07) is 13.9. The summed E-state index contributed by atoms with van der Waals surface area (Å²) in [5, 5.41) is 27.4. The molecule has 0 fully saturated rings. The molecule has 138 valence electrons. The van der Waals surface area contributed by atoms with Gasteiger partial charge in [-0.3, -0.25) is 4.79 Å². The zero-order valence-electron chi connectivity index (χ0n) is 14.8. The van der Waals surface area contributed by atoms with Crippen LogP contribution in [-0.2, 0) is 23.8 Å². The topological polar surface area (TPSA) is 77.8 Å². The van der Waals surface area contributed by atoms with E-state index in [0.29, 0.717) is 6.42 Å². The molecule has 2 aromatic rings. The number of aliphatic hydroxyl groups excluding tert-OH is 2. The third kappa shape index (κ3) is 6.02. The zero-order chi connectivity index (χ0) is 18.9. The van der Waals surface area contributed by atoms with Crippen LogP contribution < -0.4 is 0 Å². The molecule has 0 unspecified atom stereocenters. The SMILES string of the molecule is CC(=CCCC(=O)O)c1cccc(SCc2ccc(CO)c(CO)c2)c1. The van der Waals surface area contributed by atoms with E-state index in [1.807, 2.05) is 49.4 Å². The molecule has 0 bridgehead atoms. The van der Waals surface area contributed by atoms with E-state index in [1.54, 1.807) is 11.8 Å². The summed E-state index contributed by atoms with van der Waals surface area (Å²) in [7, 11) is 0. The van der Waals surface area contributed by atoms with Gasteiger partial charge < -0.3 is 15.3 Å². The van der Waals surface area contributed by atoms with Gasteiger partial charge in [0.2, 0.25) is 0 Å². The van der Waals surface area contributed by atoms with Crippen LogP contribution in [0.2, 0.25) is 0 Å². The summed E-state index contributed by atoms with van der Waals surface area (Å²) in [6.07, 6.45) is 2.63. The third-order valence-corrected chi connectivity index (χ3v) is 5.18. The Morgan fingerprint density at radius 3 is 2.54 bits per heavy atom. The zero-order valence-corrected chi connectivity index (χ0v) is 15.6. The highest BCUT2D eigenvalue weighted by Crippen LogP contribution is 2.27. The molecule has 0 spiro atoms. The molecule has 0 aliphatic carbocycles. The lowest BCUT2D eigenvalue weighted by Crippen LogP contribution is -1.95. The molecule has 0 aliphatic heterocycles. The molecule has 0 heterocycles. The van der Waals surface area contributed by atoms with Gasteiger partial charge >= 0.3 is 5.97 Å². The van der Waals surface area contributed by atoms with E-state index < -0.39 is 5.97 Å². The van der Waals surface area contributed by atoms with Gasteiger partial charge in [-0.1, -0.05) is 36.4 Å². The summed E-state index contributed by atoms with van der Waals surface area (Å²) in [5.74, 6) is -0.0166. The number of aliphatic carboxylic acids is 1. The number of thioether (sulfide) groups is 1. The Kier molecular flexibility index (Phi) is 7.91. The van der Waals surface area contributed by atoms with E-state index in [4.69, 9.17) is 5.11 Å². The van der Waals surface area contributed by atoms with Crippen LogP contribution in [0.5, 0.6) is 0 Å². The average molecular weight is 372 g/mol. The number of hydrogen-bond donors (Lipinski definition) is 3. The first-order chi connectivity index (χ1) is 12.5. The number of rotatable bonds is 9. The highest BCUT2D eigenvalue weighted by molar-refractivity contribution is 7.98. The number of benzene rings is 2. The predicted molar refractivity (Wildman–Crippen MR) is 105 cm³/mol. The van der Waals surface area contributed by atoms with Gasteiger partial charge in [-0.25, -0.2) is 0 Å². The highest BCUT2D eigenvalue weighted by atomic mass is 32.2. The first-order valence-electron chi connectivity index (χ1n) is 8.47. The number of allylic oxidation sites excluding steroid dienone is 2. The first-order valence-corrected chi connectivity index (χ1v) is 9.46. The van der Waals surface area contributed by atoms with Crippen molar-refractivity contribution in [1.29, 1.82) is 0 Å². The van der Waals surface area contributed by atoms with Crippen LogP contribution in [0.4, 0.5) is 0 Å². The predicted octanol–water partition coefficient (Wildman–Crippen LogP) is 4.23. The van der Waals surface area contributed by atoms with E-state index in [9.17, 15) is 15.0 Å². The van der Waals surface area contributed by atoms with Crippen LogP contribution in [0.15, 0.2) is 53.4 Å². The van der Waals surface area contributed by atoms with Gasteiger partial charge in [0.1, 0.15) is 0 Å². The fraction of sp³-hybridized carbons (Fsp3) is 0.286. The largest absolute Gasteiger partial charge is 0.481 e. The standard InChI is InChI=1S/C21H24O4S/c1-15(4-2-7-21(24)25)17-5-3-6-20(11-17)26-14-16-8-9-18(12-22)19(10-16)13-23/h3-6,8-11,22-23H,2,7,12-14H2,1H3,(H,24,25).